The molecule has 2 aromatic heterocycles. The molecular weight excluding hydrogens is 344 g/mol. The fourth-order valence-electron chi connectivity index (χ4n) is 2.46. The average molecular weight is 361 g/mol. The number of H-pyrrole nitrogens is 1. The Morgan fingerprint density at radius 1 is 1.31 bits per heavy atom. The molecule has 26 heavy (non-hydrogen) atoms. The van der Waals surface area contributed by atoms with E-state index in [9.17, 15) is 13.6 Å². The summed E-state index contributed by atoms with van der Waals surface area (Å²) in [7, 11) is 3.50. The highest BCUT2D eigenvalue weighted by Crippen LogP contribution is 2.22. The fourth-order valence-corrected chi connectivity index (χ4v) is 2.46. The number of alkyl halides is 2. The lowest BCUT2D eigenvalue weighted by molar-refractivity contribution is -0.0498. The van der Waals surface area contributed by atoms with Crippen molar-refractivity contribution < 1.29 is 18.3 Å². The van der Waals surface area contributed by atoms with Crippen molar-refractivity contribution in [1.82, 2.24) is 24.9 Å². The summed E-state index contributed by atoms with van der Waals surface area (Å²) in [5.41, 5.74) is 2.44. The SMILES string of the molecule is CN(Cc1ccnn1C)C(=O)c1cc(-c2ccc(OC(F)F)cc2)n[nH]1. The van der Waals surface area contributed by atoms with Crippen molar-refractivity contribution in [2.24, 2.45) is 7.05 Å². The Labute approximate surface area is 148 Å². The molecule has 0 atom stereocenters. The van der Waals surface area contributed by atoms with Crippen LogP contribution in [0.15, 0.2) is 42.6 Å². The first kappa shape index (κ1) is 17.6. The largest absolute Gasteiger partial charge is 0.435 e. The van der Waals surface area contributed by atoms with Crippen LogP contribution in [0.3, 0.4) is 0 Å². The molecule has 0 saturated heterocycles. The summed E-state index contributed by atoms with van der Waals surface area (Å²) in [5.74, 6) is -0.158. The van der Waals surface area contributed by atoms with E-state index < -0.39 is 6.61 Å². The Kier molecular flexibility index (Phi) is 4.97. The molecule has 1 N–H and O–H groups in total. The third-order valence-corrected chi connectivity index (χ3v) is 3.85. The minimum atomic E-state index is -2.87. The van der Waals surface area contributed by atoms with Gasteiger partial charge in [-0.2, -0.15) is 19.0 Å². The van der Waals surface area contributed by atoms with E-state index in [1.807, 2.05) is 13.1 Å². The molecule has 0 aliphatic heterocycles. The molecule has 1 aromatic carbocycles. The predicted molar refractivity (Wildman–Crippen MR) is 89.7 cm³/mol. The number of carbonyl (C=O) groups excluding carboxylic acids is 1. The number of hydrogen-bond acceptors (Lipinski definition) is 4. The van der Waals surface area contributed by atoms with Gasteiger partial charge in [-0.05, 0) is 36.4 Å². The lowest BCUT2D eigenvalue weighted by Gasteiger charge is -2.15. The van der Waals surface area contributed by atoms with Crippen LogP contribution in [-0.2, 0) is 13.6 Å². The Morgan fingerprint density at radius 2 is 2.04 bits per heavy atom. The number of benzene rings is 1. The lowest BCUT2D eigenvalue weighted by Crippen LogP contribution is -2.27. The number of hydrogen-bond donors (Lipinski definition) is 1. The second kappa shape index (κ2) is 7.34. The predicted octanol–water partition coefficient (Wildman–Crippen LogP) is 2.68. The summed E-state index contributed by atoms with van der Waals surface area (Å²) in [6.07, 6.45) is 1.67. The van der Waals surface area contributed by atoms with Crippen molar-refractivity contribution in [3.8, 4) is 17.0 Å². The summed E-state index contributed by atoms with van der Waals surface area (Å²) in [4.78, 5) is 14.1. The van der Waals surface area contributed by atoms with E-state index in [0.29, 0.717) is 23.5 Å². The molecule has 0 unspecified atom stereocenters. The molecule has 3 aromatic rings. The minimum Gasteiger partial charge on any atom is -0.435 e. The van der Waals surface area contributed by atoms with E-state index in [2.05, 4.69) is 20.0 Å². The van der Waals surface area contributed by atoms with E-state index in [4.69, 9.17) is 0 Å². The van der Waals surface area contributed by atoms with Crippen molar-refractivity contribution in [2.45, 2.75) is 13.2 Å². The van der Waals surface area contributed by atoms with Crippen LogP contribution in [0.4, 0.5) is 8.78 Å². The minimum absolute atomic E-state index is 0.0616. The van der Waals surface area contributed by atoms with Crippen LogP contribution in [0.1, 0.15) is 16.2 Å². The zero-order valence-corrected chi connectivity index (χ0v) is 14.2. The van der Waals surface area contributed by atoms with E-state index in [1.54, 1.807) is 41.0 Å². The zero-order valence-electron chi connectivity index (χ0n) is 14.2. The number of aromatic nitrogens is 4. The van der Waals surface area contributed by atoms with Crippen LogP contribution >= 0.6 is 0 Å². The molecule has 1 amide bonds. The number of amides is 1. The molecule has 7 nitrogen and oxygen atoms in total. The summed E-state index contributed by atoms with van der Waals surface area (Å²) >= 11 is 0. The summed E-state index contributed by atoms with van der Waals surface area (Å²) in [5, 5.41) is 10.9. The highest BCUT2D eigenvalue weighted by Gasteiger charge is 2.17. The normalized spacial score (nSPS) is 11.0. The first-order valence-electron chi connectivity index (χ1n) is 7.77. The number of aryl methyl sites for hydroxylation is 1. The van der Waals surface area contributed by atoms with Crippen LogP contribution in [0.5, 0.6) is 5.75 Å². The molecule has 9 heteroatoms. The van der Waals surface area contributed by atoms with E-state index in [0.717, 1.165) is 5.69 Å². The fraction of sp³-hybridized carbons (Fsp3) is 0.235. The monoisotopic (exact) mass is 361 g/mol. The van der Waals surface area contributed by atoms with Gasteiger partial charge in [-0.25, -0.2) is 0 Å². The molecule has 0 aliphatic carbocycles. The first-order valence-corrected chi connectivity index (χ1v) is 7.77. The van der Waals surface area contributed by atoms with Crippen LogP contribution in [-0.4, -0.2) is 44.4 Å². The number of ether oxygens (including phenoxy) is 1. The Morgan fingerprint density at radius 3 is 2.65 bits per heavy atom. The quantitative estimate of drug-likeness (QED) is 0.732. The highest BCUT2D eigenvalue weighted by molar-refractivity contribution is 5.93. The van der Waals surface area contributed by atoms with E-state index >= 15 is 0 Å². The molecule has 0 saturated carbocycles. The Balaban J connectivity index is 1.70. The average Bonchev–Trinajstić information content (AvgIpc) is 3.24. The van der Waals surface area contributed by atoms with Gasteiger partial charge in [0.1, 0.15) is 11.4 Å². The van der Waals surface area contributed by atoms with Crippen LogP contribution in [0.25, 0.3) is 11.3 Å². The number of aromatic amines is 1. The van der Waals surface area contributed by atoms with Crippen LogP contribution < -0.4 is 4.74 Å². The van der Waals surface area contributed by atoms with Gasteiger partial charge in [0.25, 0.3) is 5.91 Å². The smallest absolute Gasteiger partial charge is 0.387 e. The van der Waals surface area contributed by atoms with Crippen molar-refractivity contribution in [2.75, 3.05) is 7.05 Å². The summed E-state index contributed by atoms with van der Waals surface area (Å²) in [6, 6.07) is 9.50. The third-order valence-electron chi connectivity index (χ3n) is 3.85. The van der Waals surface area contributed by atoms with Crippen molar-refractivity contribution >= 4 is 5.91 Å². The van der Waals surface area contributed by atoms with Crippen molar-refractivity contribution in [3.05, 3.63) is 54.0 Å². The molecular formula is C17H17F2N5O2. The number of nitrogens with one attached hydrogen (secondary N) is 1. The van der Waals surface area contributed by atoms with Gasteiger partial charge < -0.3 is 9.64 Å². The molecule has 0 fully saturated rings. The standard InChI is InChI=1S/C17H17F2N5O2/c1-23(10-12-7-8-20-24(12)2)16(25)15-9-14(21-22-15)11-3-5-13(6-4-11)26-17(18)19/h3-9,17H,10H2,1-2H3,(H,21,22). The first-order chi connectivity index (χ1) is 12.4. The van der Waals surface area contributed by atoms with E-state index in [1.165, 1.54) is 12.1 Å². The lowest BCUT2D eigenvalue weighted by atomic mass is 10.1. The zero-order chi connectivity index (χ0) is 18.7. The molecule has 136 valence electrons. The van der Waals surface area contributed by atoms with Gasteiger partial charge in [-0.3, -0.25) is 14.6 Å². The molecule has 0 spiro atoms. The van der Waals surface area contributed by atoms with Gasteiger partial charge in [0.15, 0.2) is 0 Å². The number of carbonyl (C=O) groups is 1. The Bertz CT molecular complexity index is 889. The Hall–Kier alpha value is -3.23. The van der Waals surface area contributed by atoms with Gasteiger partial charge in [-0.1, -0.05) is 0 Å². The maximum Gasteiger partial charge on any atom is 0.387 e. The topological polar surface area (TPSA) is 76.0 Å². The van der Waals surface area contributed by atoms with Gasteiger partial charge in [0.05, 0.1) is 17.9 Å². The number of nitrogens with zero attached hydrogens (tertiary/aromatic N) is 4. The molecule has 0 aliphatic rings. The van der Waals surface area contributed by atoms with Crippen LogP contribution in [0.2, 0.25) is 0 Å². The summed E-state index contributed by atoms with van der Waals surface area (Å²) in [6.45, 7) is -2.46. The van der Waals surface area contributed by atoms with Crippen LogP contribution in [0, 0.1) is 0 Å². The van der Waals surface area contributed by atoms with Gasteiger partial charge in [0.2, 0.25) is 0 Å². The number of halogens is 2. The molecule has 3 rings (SSSR count). The maximum absolute atomic E-state index is 12.5. The molecule has 0 bridgehead atoms. The van der Waals surface area contributed by atoms with Gasteiger partial charge >= 0.3 is 6.61 Å². The highest BCUT2D eigenvalue weighted by atomic mass is 19.3. The molecule has 0 radical (unpaired) electrons. The third kappa shape index (κ3) is 3.88. The molecule has 2 heterocycles. The van der Waals surface area contributed by atoms with Crippen molar-refractivity contribution in [1.29, 1.82) is 0 Å². The number of rotatable bonds is 6. The van der Waals surface area contributed by atoms with Gasteiger partial charge in [-0.15, -0.1) is 0 Å². The van der Waals surface area contributed by atoms with Crippen molar-refractivity contribution in [3.63, 3.8) is 0 Å². The maximum atomic E-state index is 12.5. The van der Waals surface area contributed by atoms with Gasteiger partial charge in [0, 0.05) is 25.9 Å². The second-order valence-electron chi connectivity index (χ2n) is 5.68. The second-order valence-corrected chi connectivity index (χ2v) is 5.68. The summed E-state index contributed by atoms with van der Waals surface area (Å²) < 4.78 is 30.4. The van der Waals surface area contributed by atoms with E-state index in [-0.39, 0.29) is 11.7 Å².